The molecule has 0 aliphatic heterocycles. The third-order valence-electron chi connectivity index (χ3n) is 2.45. The van der Waals surface area contributed by atoms with Crippen LogP contribution in [-0.2, 0) is 6.61 Å². The molecule has 0 unspecified atom stereocenters. The molecule has 0 aliphatic rings. The fraction of sp³-hybridized carbons (Fsp3) is 0.154. The number of aromatic nitrogens is 1. The molecule has 19 heavy (non-hydrogen) atoms. The maximum atomic E-state index is 10.7. The summed E-state index contributed by atoms with van der Waals surface area (Å²) in [5.41, 5.74) is 1.67. The lowest BCUT2D eigenvalue weighted by atomic mass is 10.3. The fourth-order valence-electron chi connectivity index (χ4n) is 1.55. The number of halogens is 1. The Hall–Kier alpha value is -1.95. The minimum absolute atomic E-state index is 0.00426. The number of hydrogen-bond donors (Lipinski definition) is 0. The molecule has 1 heterocycles. The SMILES string of the molecule is Cc1cccc(COc2cc([N+](=O)[O-])ccc2Br)n1. The van der Waals surface area contributed by atoms with E-state index in [9.17, 15) is 10.1 Å². The summed E-state index contributed by atoms with van der Waals surface area (Å²) in [6.07, 6.45) is 0. The molecule has 0 amide bonds. The summed E-state index contributed by atoms with van der Waals surface area (Å²) in [5.74, 6) is 0.428. The van der Waals surface area contributed by atoms with Crippen LogP contribution in [0.3, 0.4) is 0 Å². The van der Waals surface area contributed by atoms with Crippen LogP contribution in [0, 0.1) is 17.0 Å². The van der Waals surface area contributed by atoms with Gasteiger partial charge in [0, 0.05) is 11.8 Å². The minimum atomic E-state index is -0.454. The van der Waals surface area contributed by atoms with Crippen molar-refractivity contribution in [2.75, 3.05) is 0 Å². The lowest BCUT2D eigenvalue weighted by Gasteiger charge is -2.08. The van der Waals surface area contributed by atoms with Gasteiger partial charge in [-0.15, -0.1) is 0 Å². The number of ether oxygens (including phenoxy) is 1. The van der Waals surface area contributed by atoms with E-state index in [4.69, 9.17) is 4.74 Å². The van der Waals surface area contributed by atoms with Gasteiger partial charge in [0.15, 0.2) is 0 Å². The molecule has 2 rings (SSSR count). The van der Waals surface area contributed by atoms with Crippen molar-refractivity contribution < 1.29 is 9.66 Å². The van der Waals surface area contributed by atoms with E-state index in [0.29, 0.717) is 10.2 Å². The lowest BCUT2D eigenvalue weighted by molar-refractivity contribution is -0.385. The zero-order chi connectivity index (χ0) is 13.8. The Labute approximate surface area is 118 Å². The van der Waals surface area contributed by atoms with Crippen LogP contribution in [0.15, 0.2) is 40.9 Å². The Morgan fingerprint density at radius 2 is 2.16 bits per heavy atom. The number of aryl methyl sites for hydroxylation is 1. The van der Waals surface area contributed by atoms with Crippen molar-refractivity contribution >= 4 is 21.6 Å². The van der Waals surface area contributed by atoms with Gasteiger partial charge in [0.25, 0.3) is 5.69 Å². The predicted octanol–water partition coefficient (Wildman–Crippen LogP) is 3.64. The van der Waals surface area contributed by atoms with Crippen LogP contribution in [0.5, 0.6) is 5.75 Å². The summed E-state index contributed by atoms with van der Waals surface area (Å²) in [5, 5.41) is 10.7. The molecule has 0 bridgehead atoms. The van der Waals surface area contributed by atoms with Crippen LogP contribution in [0.2, 0.25) is 0 Å². The molecule has 2 aromatic rings. The molecule has 0 fully saturated rings. The number of hydrogen-bond acceptors (Lipinski definition) is 4. The highest BCUT2D eigenvalue weighted by molar-refractivity contribution is 9.10. The number of benzene rings is 1. The van der Waals surface area contributed by atoms with Gasteiger partial charge in [-0.1, -0.05) is 6.07 Å². The number of rotatable bonds is 4. The van der Waals surface area contributed by atoms with Crippen molar-refractivity contribution in [1.29, 1.82) is 0 Å². The van der Waals surface area contributed by atoms with Gasteiger partial charge in [-0.05, 0) is 41.1 Å². The van der Waals surface area contributed by atoms with Gasteiger partial charge in [-0.2, -0.15) is 0 Å². The van der Waals surface area contributed by atoms with Gasteiger partial charge >= 0.3 is 0 Å². The van der Waals surface area contributed by atoms with Crippen molar-refractivity contribution in [2.24, 2.45) is 0 Å². The average Bonchev–Trinajstić information content (AvgIpc) is 2.37. The fourth-order valence-corrected chi connectivity index (χ4v) is 1.91. The van der Waals surface area contributed by atoms with E-state index in [1.54, 1.807) is 6.07 Å². The Kier molecular flexibility index (Phi) is 4.11. The molecule has 98 valence electrons. The summed E-state index contributed by atoms with van der Waals surface area (Å²) in [7, 11) is 0. The van der Waals surface area contributed by atoms with Crippen molar-refractivity contribution in [1.82, 2.24) is 4.98 Å². The van der Waals surface area contributed by atoms with E-state index >= 15 is 0 Å². The summed E-state index contributed by atoms with van der Waals surface area (Å²) in [4.78, 5) is 14.6. The Morgan fingerprint density at radius 1 is 1.37 bits per heavy atom. The molecule has 0 N–H and O–H groups in total. The molecule has 0 saturated heterocycles. The zero-order valence-electron chi connectivity index (χ0n) is 10.2. The van der Waals surface area contributed by atoms with Crippen molar-refractivity contribution in [3.8, 4) is 5.75 Å². The number of non-ortho nitro benzene ring substituents is 1. The van der Waals surface area contributed by atoms with Crippen LogP contribution in [0.25, 0.3) is 0 Å². The zero-order valence-corrected chi connectivity index (χ0v) is 11.8. The molecule has 0 radical (unpaired) electrons. The second-order valence-corrected chi connectivity index (χ2v) is 4.79. The standard InChI is InChI=1S/C13H11BrN2O3/c1-9-3-2-4-10(15-9)8-19-13-7-11(16(17)18)5-6-12(13)14/h2-7H,8H2,1H3. The largest absolute Gasteiger partial charge is 0.486 e. The highest BCUT2D eigenvalue weighted by atomic mass is 79.9. The predicted molar refractivity (Wildman–Crippen MR) is 74.1 cm³/mol. The smallest absolute Gasteiger partial charge is 0.273 e. The minimum Gasteiger partial charge on any atom is -0.486 e. The number of nitro groups is 1. The van der Waals surface area contributed by atoms with Gasteiger partial charge in [0.05, 0.1) is 21.2 Å². The molecular weight excluding hydrogens is 312 g/mol. The van der Waals surface area contributed by atoms with Gasteiger partial charge in [0.1, 0.15) is 12.4 Å². The maximum absolute atomic E-state index is 10.7. The average molecular weight is 323 g/mol. The van der Waals surface area contributed by atoms with Crippen LogP contribution in [0.4, 0.5) is 5.69 Å². The Morgan fingerprint density at radius 3 is 2.84 bits per heavy atom. The van der Waals surface area contributed by atoms with E-state index < -0.39 is 4.92 Å². The van der Waals surface area contributed by atoms with Gasteiger partial charge in [0.2, 0.25) is 0 Å². The van der Waals surface area contributed by atoms with Crippen molar-refractivity contribution in [3.63, 3.8) is 0 Å². The monoisotopic (exact) mass is 322 g/mol. The number of pyridine rings is 1. The molecule has 6 heteroatoms. The van der Waals surface area contributed by atoms with E-state index in [-0.39, 0.29) is 12.3 Å². The Bertz CT molecular complexity index is 617. The molecule has 1 aromatic heterocycles. The first-order valence-corrected chi connectivity index (χ1v) is 6.35. The first-order valence-electron chi connectivity index (χ1n) is 5.55. The summed E-state index contributed by atoms with van der Waals surface area (Å²) in [6.45, 7) is 2.16. The molecular formula is C13H11BrN2O3. The molecule has 0 spiro atoms. The summed E-state index contributed by atoms with van der Waals surface area (Å²) in [6, 6.07) is 10.0. The van der Waals surface area contributed by atoms with Crippen LogP contribution in [0.1, 0.15) is 11.4 Å². The van der Waals surface area contributed by atoms with Crippen LogP contribution >= 0.6 is 15.9 Å². The molecule has 0 aliphatic carbocycles. The third-order valence-corrected chi connectivity index (χ3v) is 3.10. The van der Waals surface area contributed by atoms with Crippen LogP contribution in [-0.4, -0.2) is 9.91 Å². The van der Waals surface area contributed by atoms with Gasteiger partial charge in [-0.25, -0.2) is 0 Å². The molecule has 1 aromatic carbocycles. The van der Waals surface area contributed by atoms with E-state index in [0.717, 1.165) is 11.4 Å². The number of nitrogens with zero attached hydrogens (tertiary/aromatic N) is 2. The van der Waals surface area contributed by atoms with E-state index in [1.165, 1.54) is 12.1 Å². The summed E-state index contributed by atoms with van der Waals surface area (Å²) >= 11 is 3.30. The highest BCUT2D eigenvalue weighted by Gasteiger charge is 2.10. The normalized spacial score (nSPS) is 10.2. The van der Waals surface area contributed by atoms with Crippen molar-refractivity contribution in [3.05, 3.63) is 62.4 Å². The summed E-state index contributed by atoms with van der Waals surface area (Å²) < 4.78 is 6.23. The molecule has 0 saturated carbocycles. The molecule has 5 nitrogen and oxygen atoms in total. The second-order valence-electron chi connectivity index (χ2n) is 3.93. The first-order chi connectivity index (χ1) is 9.06. The number of nitro benzene ring substituents is 1. The topological polar surface area (TPSA) is 65.3 Å². The third kappa shape index (κ3) is 3.51. The second kappa shape index (κ2) is 5.79. The molecule has 0 atom stereocenters. The van der Waals surface area contributed by atoms with E-state index in [1.807, 2.05) is 25.1 Å². The maximum Gasteiger partial charge on any atom is 0.273 e. The Balaban J connectivity index is 2.15. The van der Waals surface area contributed by atoms with Gasteiger partial charge < -0.3 is 4.74 Å². The van der Waals surface area contributed by atoms with E-state index in [2.05, 4.69) is 20.9 Å². The lowest BCUT2D eigenvalue weighted by Crippen LogP contribution is -2.00. The van der Waals surface area contributed by atoms with Gasteiger partial charge in [-0.3, -0.25) is 15.1 Å². The first kappa shape index (κ1) is 13.5. The van der Waals surface area contributed by atoms with Crippen molar-refractivity contribution in [2.45, 2.75) is 13.5 Å². The quantitative estimate of drug-likeness (QED) is 0.636. The highest BCUT2D eigenvalue weighted by Crippen LogP contribution is 2.29. The van der Waals surface area contributed by atoms with Crippen LogP contribution < -0.4 is 4.74 Å².